The Hall–Kier alpha value is -2.25. The fourth-order valence-electron chi connectivity index (χ4n) is 1.19. The van der Waals surface area contributed by atoms with Crippen LogP contribution in [0.3, 0.4) is 0 Å². The van der Waals surface area contributed by atoms with Gasteiger partial charge in [-0.25, -0.2) is 0 Å². The number of hydrogen-bond donors (Lipinski definition) is 2. The summed E-state index contributed by atoms with van der Waals surface area (Å²) in [4.78, 5) is 22.3. The highest BCUT2D eigenvalue weighted by atomic mass is 19.4. The minimum atomic E-state index is -4.44. The van der Waals surface area contributed by atoms with Crippen LogP contribution in [-0.4, -0.2) is 31.1 Å². The number of carbonyl (C=O) groups excluding carboxylic acids is 2. The summed E-state index contributed by atoms with van der Waals surface area (Å²) in [5.74, 6) is -0.759. The zero-order valence-corrected chi connectivity index (χ0v) is 10.4. The van der Waals surface area contributed by atoms with Crippen molar-refractivity contribution in [1.82, 2.24) is 10.6 Å². The lowest BCUT2D eigenvalue weighted by atomic mass is 10.3. The molecule has 1 heterocycles. The lowest BCUT2D eigenvalue weighted by molar-refractivity contribution is -0.138. The van der Waals surface area contributed by atoms with E-state index in [0.717, 1.165) is 0 Å². The topological polar surface area (TPSA) is 71.3 Å². The molecular weight excluding hydrogens is 277 g/mol. The van der Waals surface area contributed by atoms with Gasteiger partial charge in [-0.15, -0.1) is 0 Å². The van der Waals surface area contributed by atoms with E-state index in [4.69, 9.17) is 4.42 Å². The molecular formula is C12H13F3N2O3. The third-order valence-corrected chi connectivity index (χ3v) is 2.08. The van der Waals surface area contributed by atoms with Crippen LogP contribution in [0.4, 0.5) is 13.2 Å². The molecule has 0 fully saturated rings. The molecule has 2 N–H and O–H groups in total. The molecule has 0 saturated carbocycles. The first-order chi connectivity index (χ1) is 9.37. The van der Waals surface area contributed by atoms with Gasteiger partial charge in [0.25, 0.3) is 0 Å². The molecule has 2 amide bonds. The summed E-state index contributed by atoms with van der Waals surface area (Å²) < 4.78 is 40.3. The summed E-state index contributed by atoms with van der Waals surface area (Å²) >= 11 is 0. The predicted octanol–water partition coefficient (Wildman–Crippen LogP) is 1.48. The average Bonchev–Trinajstić information content (AvgIpc) is 2.86. The molecule has 110 valence electrons. The second-order valence-electron chi connectivity index (χ2n) is 3.78. The first-order valence-corrected chi connectivity index (χ1v) is 5.70. The Balaban J connectivity index is 2.17. The van der Waals surface area contributed by atoms with Crippen molar-refractivity contribution in [3.05, 3.63) is 30.2 Å². The number of furan rings is 1. The van der Waals surface area contributed by atoms with Crippen molar-refractivity contribution in [2.24, 2.45) is 0 Å². The Kier molecular flexibility index (Phi) is 5.82. The van der Waals surface area contributed by atoms with E-state index in [-0.39, 0.29) is 13.0 Å². The van der Waals surface area contributed by atoms with Crippen molar-refractivity contribution in [1.29, 1.82) is 0 Å². The first kappa shape index (κ1) is 15.8. The molecule has 0 aliphatic carbocycles. The van der Waals surface area contributed by atoms with E-state index < -0.39 is 24.5 Å². The quantitative estimate of drug-likeness (QED) is 0.779. The van der Waals surface area contributed by atoms with Gasteiger partial charge in [-0.1, -0.05) is 0 Å². The Labute approximate surface area is 112 Å². The second-order valence-corrected chi connectivity index (χ2v) is 3.78. The average molecular weight is 290 g/mol. The number of amides is 2. The van der Waals surface area contributed by atoms with Crippen LogP contribution in [0.15, 0.2) is 28.9 Å². The van der Waals surface area contributed by atoms with Crippen LogP contribution in [0, 0.1) is 0 Å². The molecule has 8 heteroatoms. The molecule has 1 rings (SSSR count). The zero-order valence-electron chi connectivity index (χ0n) is 10.4. The number of carbonyl (C=O) groups is 2. The van der Waals surface area contributed by atoms with Gasteiger partial charge < -0.3 is 15.1 Å². The molecule has 0 unspecified atom stereocenters. The molecule has 0 aliphatic heterocycles. The van der Waals surface area contributed by atoms with Gasteiger partial charge in [0, 0.05) is 19.0 Å². The van der Waals surface area contributed by atoms with E-state index in [9.17, 15) is 22.8 Å². The maximum Gasteiger partial charge on any atom is 0.405 e. The smallest absolute Gasteiger partial charge is 0.405 e. The summed E-state index contributed by atoms with van der Waals surface area (Å²) in [6.07, 6.45) is -0.588. The van der Waals surface area contributed by atoms with Crippen molar-refractivity contribution >= 4 is 17.9 Å². The van der Waals surface area contributed by atoms with Crippen LogP contribution < -0.4 is 10.6 Å². The molecule has 0 radical (unpaired) electrons. The summed E-state index contributed by atoms with van der Waals surface area (Å²) in [5, 5.41) is 4.07. The van der Waals surface area contributed by atoms with Crippen molar-refractivity contribution in [3.8, 4) is 0 Å². The van der Waals surface area contributed by atoms with Crippen LogP contribution in [-0.2, 0) is 9.59 Å². The summed E-state index contributed by atoms with van der Waals surface area (Å²) in [6, 6.07) is 3.30. The molecule has 0 atom stereocenters. The van der Waals surface area contributed by atoms with Crippen LogP contribution in [0.25, 0.3) is 6.08 Å². The second kappa shape index (κ2) is 7.37. The van der Waals surface area contributed by atoms with Gasteiger partial charge in [-0.3, -0.25) is 9.59 Å². The first-order valence-electron chi connectivity index (χ1n) is 5.70. The molecule has 1 aromatic heterocycles. The molecule has 0 bridgehead atoms. The Morgan fingerprint density at radius 3 is 2.65 bits per heavy atom. The van der Waals surface area contributed by atoms with Gasteiger partial charge in [0.05, 0.1) is 6.26 Å². The standard InChI is InChI=1S/C12H13F3N2O3/c13-12(14,15)8-17-11(19)5-6-16-10(18)4-3-9-2-1-7-20-9/h1-4,7H,5-6,8H2,(H,16,18)(H,17,19). The van der Waals surface area contributed by atoms with E-state index in [1.165, 1.54) is 18.4 Å². The third-order valence-electron chi connectivity index (χ3n) is 2.08. The van der Waals surface area contributed by atoms with Crippen LogP contribution in [0.2, 0.25) is 0 Å². The van der Waals surface area contributed by atoms with E-state index in [1.807, 2.05) is 0 Å². The largest absolute Gasteiger partial charge is 0.465 e. The number of rotatable bonds is 6. The Bertz CT molecular complexity index is 467. The highest BCUT2D eigenvalue weighted by Gasteiger charge is 2.27. The predicted molar refractivity (Wildman–Crippen MR) is 64.4 cm³/mol. The van der Waals surface area contributed by atoms with Crippen molar-refractivity contribution in [2.45, 2.75) is 12.6 Å². The number of hydrogen-bond acceptors (Lipinski definition) is 3. The maximum absolute atomic E-state index is 11.8. The molecule has 0 spiro atoms. The minimum absolute atomic E-state index is 0.0506. The van der Waals surface area contributed by atoms with Crippen molar-refractivity contribution in [3.63, 3.8) is 0 Å². The number of alkyl halides is 3. The summed E-state index contributed by atoms with van der Waals surface area (Å²) in [5.41, 5.74) is 0. The molecule has 0 aromatic carbocycles. The third kappa shape index (κ3) is 7.24. The van der Waals surface area contributed by atoms with Gasteiger partial charge in [-0.2, -0.15) is 13.2 Å². The van der Waals surface area contributed by atoms with Gasteiger partial charge in [0.15, 0.2) is 0 Å². The van der Waals surface area contributed by atoms with Gasteiger partial charge >= 0.3 is 6.18 Å². The summed E-state index contributed by atoms with van der Waals surface area (Å²) in [6.45, 7) is -1.43. The van der Waals surface area contributed by atoms with Gasteiger partial charge in [0.1, 0.15) is 12.3 Å². The van der Waals surface area contributed by atoms with E-state index in [1.54, 1.807) is 17.4 Å². The van der Waals surface area contributed by atoms with Crippen LogP contribution >= 0.6 is 0 Å². The van der Waals surface area contributed by atoms with E-state index >= 15 is 0 Å². The molecule has 20 heavy (non-hydrogen) atoms. The highest BCUT2D eigenvalue weighted by molar-refractivity contribution is 5.91. The summed E-state index contributed by atoms with van der Waals surface area (Å²) in [7, 11) is 0. The van der Waals surface area contributed by atoms with Crippen molar-refractivity contribution < 1.29 is 27.2 Å². The molecule has 1 aromatic rings. The van der Waals surface area contributed by atoms with Crippen molar-refractivity contribution in [2.75, 3.05) is 13.1 Å². The minimum Gasteiger partial charge on any atom is -0.465 e. The maximum atomic E-state index is 11.8. The lowest BCUT2D eigenvalue weighted by Crippen LogP contribution is -2.35. The van der Waals surface area contributed by atoms with Gasteiger partial charge in [0.2, 0.25) is 11.8 Å². The Morgan fingerprint density at radius 1 is 1.30 bits per heavy atom. The fraction of sp³-hybridized carbons (Fsp3) is 0.333. The van der Waals surface area contributed by atoms with E-state index in [0.29, 0.717) is 5.76 Å². The van der Waals surface area contributed by atoms with Crippen LogP contribution in [0.1, 0.15) is 12.2 Å². The normalized spacial score (nSPS) is 11.6. The van der Waals surface area contributed by atoms with E-state index in [2.05, 4.69) is 5.32 Å². The molecule has 0 saturated heterocycles. The van der Waals surface area contributed by atoms with Crippen LogP contribution in [0.5, 0.6) is 0 Å². The van der Waals surface area contributed by atoms with Gasteiger partial charge in [-0.05, 0) is 18.2 Å². The molecule has 0 aliphatic rings. The molecule has 5 nitrogen and oxygen atoms in total. The Morgan fingerprint density at radius 2 is 2.05 bits per heavy atom. The fourth-order valence-corrected chi connectivity index (χ4v) is 1.19. The highest BCUT2D eigenvalue weighted by Crippen LogP contribution is 2.12. The monoisotopic (exact) mass is 290 g/mol. The zero-order chi connectivity index (χ0) is 15.0. The number of nitrogens with one attached hydrogen (secondary N) is 2. The lowest BCUT2D eigenvalue weighted by Gasteiger charge is -2.08. The SMILES string of the molecule is O=C(C=Cc1ccco1)NCCC(=O)NCC(F)(F)F. The number of halogens is 3.